The standard InChI is InChI=1S/C16H14ClF2NO2/c1-9(21)16-12(18)3-2-4-14(16)20-8-15(22)10-5-6-11(17)13(19)7-10/h2-7,15,20,22H,8H2,1H3. The summed E-state index contributed by atoms with van der Waals surface area (Å²) in [5.41, 5.74) is 0.535. The maximum Gasteiger partial charge on any atom is 0.164 e. The second-order valence-corrected chi connectivity index (χ2v) is 5.20. The van der Waals surface area contributed by atoms with Crippen LogP contribution in [0, 0.1) is 11.6 Å². The summed E-state index contributed by atoms with van der Waals surface area (Å²) in [4.78, 5) is 11.5. The van der Waals surface area contributed by atoms with Crippen molar-refractivity contribution in [3.05, 3.63) is 64.2 Å². The molecule has 0 aliphatic heterocycles. The van der Waals surface area contributed by atoms with Crippen LogP contribution in [0.4, 0.5) is 14.5 Å². The van der Waals surface area contributed by atoms with E-state index >= 15 is 0 Å². The smallest absolute Gasteiger partial charge is 0.164 e. The van der Waals surface area contributed by atoms with E-state index in [1.807, 2.05) is 0 Å². The Morgan fingerprint density at radius 3 is 2.64 bits per heavy atom. The topological polar surface area (TPSA) is 49.3 Å². The van der Waals surface area contributed by atoms with Crippen molar-refractivity contribution in [1.29, 1.82) is 0 Å². The number of aliphatic hydroxyl groups excluding tert-OH is 1. The van der Waals surface area contributed by atoms with E-state index in [0.29, 0.717) is 5.56 Å². The molecule has 0 aliphatic carbocycles. The molecule has 0 saturated heterocycles. The van der Waals surface area contributed by atoms with Crippen LogP contribution in [0.1, 0.15) is 28.9 Å². The average molecular weight is 326 g/mol. The number of nitrogens with one attached hydrogen (secondary N) is 1. The molecule has 0 aliphatic rings. The first-order valence-corrected chi connectivity index (χ1v) is 6.94. The molecule has 2 aromatic rings. The minimum absolute atomic E-state index is 0.00912. The zero-order valence-corrected chi connectivity index (χ0v) is 12.5. The van der Waals surface area contributed by atoms with Gasteiger partial charge in [0, 0.05) is 12.2 Å². The number of hydrogen-bond acceptors (Lipinski definition) is 3. The highest BCUT2D eigenvalue weighted by molar-refractivity contribution is 6.30. The van der Waals surface area contributed by atoms with Gasteiger partial charge in [-0.05, 0) is 36.8 Å². The number of aliphatic hydroxyl groups is 1. The molecular weight excluding hydrogens is 312 g/mol. The van der Waals surface area contributed by atoms with E-state index in [4.69, 9.17) is 11.6 Å². The molecule has 22 heavy (non-hydrogen) atoms. The minimum atomic E-state index is -1.03. The van der Waals surface area contributed by atoms with Crippen LogP contribution < -0.4 is 5.32 Å². The zero-order valence-electron chi connectivity index (χ0n) is 11.7. The lowest BCUT2D eigenvalue weighted by molar-refractivity contribution is 0.101. The lowest BCUT2D eigenvalue weighted by Gasteiger charge is -2.15. The Balaban J connectivity index is 2.14. The van der Waals surface area contributed by atoms with E-state index in [1.165, 1.54) is 37.3 Å². The maximum absolute atomic E-state index is 13.7. The number of Topliss-reactive ketones (excluding diaryl/α,β-unsaturated/α-hetero) is 1. The number of carbonyl (C=O) groups is 1. The fourth-order valence-corrected chi connectivity index (χ4v) is 2.19. The summed E-state index contributed by atoms with van der Waals surface area (Å²) in [5.74, 6) is -1.69. The number of ketones is 1. The van der Waals surface area contributed by atoms with Gasteiger partial charge in [-0.15, -0.1) is 0 Å². The summed E-state index contributed by atoms with van der Waals surface area (Å²) < 4.78 is 27.0. The molecule has 2 aromatic carbocycles. The first-order valence-electron chi connectivity index (χ1n) is 6.56. The maximum atomic E-state index is 13.7. The number of hydrogen-bond donors (Lipinski definition) is 2. The Labute approximate surface area is 131 Å². The molecule has 0 amide bonds. The van der Waals surface area contributed by atoms with Crippen molar-refractivity contribution in [2.24, 2.45) is 0 Å². The van der Waals surface area contributed by atoms with Gasteiger partial charge in [-0.1, -0.05) is 23.7 Å². The highest BCUT2D eigenvalue weighted by Gasteiger charge is 2.15. The number of anilines is 1. The first kappa shape index (κ1) is 16.4. The van der Waals surface area contributed by atoms with Crippen molar-refractivity contribution in [2.75, 3.05) is 11.9 Å². The fourth-order valence-electron chi connectivity index (χ4n) is 2.07. The molecule has 1 atom stereocenters. The first-order chi connectivity index (χ1) is 10.4. The van der Waals surface area contributed by atoms with Crippen LogP contribution in [0.25, 0.3) is 0 Å². The average Bonchev–Trinajstić information content (AvgIpc) is 2.47. The second kappa shape index (κ2) is 6.85. The second-order valence-electron chi connectivity index (χ2n) is 4.79. The Morgan fingerprint density at radius 1 is 1.27 bits per heavy atom. The summed E-state index contributed by atoms with van der Waals surface area (Å²) >= 11 is 5.58. The lowest BCUT2D eigenvalue weighted by atomic mass is 10.1. The van der Waals surface area contributed by atoms with E-state index in [0.717, 1.165) is 6.07 Å². The Morgan fingerprint density at radius 2 is 2.00 bits per heavy atom. The molecule has 2 rings (SSSR count). The Kier molecular flexibility index (Phi) is 5.11. The van der Waals surface area contributed by atoms with Crippen molar-refractivity contribution in [1.82, 2.24) is 0 Å². The molecule has 0 spiro atoms. The molecule has 0 heterocycles. The van der Waals surface area contributed by atoms with Gasteiger partial charge in [-0.2, -0.15) is 0 Å². The number of benzene rings is 2. The van der Waals surface area contributed by atoms with E-state index in [-0.39, 0.29) is 22.8 Å². The minimum Gasteiger partial charge on any atom is -0.387 e. The number of carbonyl (C=O) groups excluding carboxylic acids is 1. The monoisotopic (exact) mass is 325 g/mol. The molecule has 116 valence electrons. The third-order valence-corrected chi connectivity index (χ3v) is 3.49. The Bertz CT molecular complexity index is 707. The normalized spacial score (nSPS) is 12.0. The third kappa shape index (κ3) is 3.61. The zero-order chi connectivity index (χ0) is 16.3. The highest BCUT2D eigenvalue weighted by atomic mass is 35.5. The van der Waals surface area contributed by atoms with E-state index in [2.05, 4.69) is 5.32 Å². The van der Waals surface area contributed by atoms with Crippen LogP contribution in [0.15, 0.2) is 36.4 Å². The predicted octanol–water partition coefficient (Wildman–Crippen LogP) is 3.97. The van der Waals surface area contributed by atoms with Crippen molar-refractivity contribution < 1.29 is 18.7 Å². The van der Waals surface area contributed by atoms with Crippen molar-refractivity contribution in [3.8, 4) is 0 Å². The quantitative estimate of drug-likeness (QED) is 0.818. The van der Waals surface area contributed by atoms with Gasteiger partial charge in [0.15, 0.2) is 5.78 Å². The molecule has 0 fully saturated rings. The summed E-state index contributed by atoms with van der Waals surface area (Å²) in [6, 6.07) is 8.15. The van der Waals surface area contributed by atoms with Gasteiger partial charge < -0.3 is 10.4 Å². The van der Waals surface area contributed by atoms with E-state index in [1.54, 1.807) is 0 Å². The Hall–Kier alpha value is -1.98. The molecule has 3 nitrogen and oxygen atoms in total. The highest BCUT2D eigenvalue weighted by Crippen LogP contribution is 2.23. The molecule has 1 unspecified atom stereocenters. The van der Waals surface area contributed by atoms with Crippen molar-refractivity contribution >= 4 is 23.1 Å². The SMILES string of the molecule is CC(=O)c1c(F)cccc1NCC(O)c1ccc(Cl)c(F)c1. The van der Waals surface area contributed by atoms with Crippen LogP contribution in [0.3, 0.4) is 0 Å². The molecule has 0 aromatic heterocycles. The van der Waals surface area contributed by atoms with Crippen molar-refractivity contribution in [2.45, 2.75) is 13.0 Å². The van der Waals surface area contributed by atoms with Gasteiger partial charge in [0.25, 0.3) is 0 Å². The summed E-state index contributed by atoms with van der Waals surface area (Å²) in [5, 5.41) is 12.8. The van der Waals surface area contributed by atoms with Crippen LogP contribution in [0.2, 0.25) is 5.02 Å². The third-order valence-electron chi connectivity index (χ3n) is 3.18. The largest absolute Gasteiger partial charge is 0.387 e. The number of halogens is 3. The fraction of sp³-hybridized carbons (Fsp3) is 0.188. The summed E-state index contributed by atoms with van der Waals surface area (Å²) in [6.45, 7) is 1.25. The molecular formula is C16H14ClF2NO2. The van der Waals surface area contributed by atoms with Gasteiger partial charge in [-0.3, -0.25) is 4.79 Å². The van der Waals surface area contributed by atoms with Crippen LogP contribution in [0.5, 0.6) is 0 Å². The van der Waals surface area contributed by atoms with Gasteiger partial charge >= 0.3 is 0 Å². The van der Waals surface area contributed by atoms with Gasteiger partial charge in [0.2, 0.25) is 0 Å². The van der Waals surface area contributed by atoms with Gasteiger partial charge in [-0.25, -0.2) is 8.78 Å². The van der Waals surface area contributed by atoms with Crippen LogP contribution in [-0.4, -0.2) is 17.4 Å². The lowest BCUT2D eigenvalue weighted by Crippen LogP contribution is -2.15. The number of rotatable bonds is 5. The molecule has 0 bridgehead atoms. The van der Waals surface area contributed by atoms with Crippen LogP contribution >= 0.6 is 11.6 Å². The summed E-state index contributed by atoms with van der Waals surface area (Å²) in [7, 11) is 0. The van der Waals surface area contributed by atoms with Gasteiger partial charge in [0.05, 0.1) is 16.7 Å². The molecule has 2 N–H and O–H groups in total. The predicted molar refractivity (Wildman–Crippen MR) is 81.3 cm³/mol. The van der Waals surface area contributed by atoms with Crippen LogP contribution in [-0.2, 0) is 0 Å². The molecule has 0 radical (unpaired) electrons. The van der Waals surface area contributed by atoms with E-state index < -0.39 is 23.5 Å². The summed E-state index contributed by atoms with van der Waals surface area (Å²) in [6.07, 6.45) is -1.03. The van der Waals surface area contributed by atoms with Gasteiger partial charge in [0.1, 0.15) is 11.6 Å². The molecule has 6 heteroatoms. The molecule has 0 saturated carbocycles. The van der Waals surface area contributed by atoms with Crippen molar-refractivity contribution in [3.63, 3.8) is 0 Å². The van der Waals surface area contributed by atoms with E-state index in [9.17, 15) is 18.7 Å².